The van der Waals surface area contributed by atoms with Crippen molar-refractivity contribution >= 4 is 5.97 Å². The Kier molecular flexibility index (Phi) is 4.05. The van der Waals surface area contributed by atoms with Gasteiger partial charge >= 0.3 is 5.97 Å². The van der Waals surface area contributed by atoms with Gasteiger partial charge in [0, 0.05) is 0 Å². The Morgan fingerprint density at radius 3 is 2.65 bits per heavy atom. The molecule has 0 saturated heterocycles. The molecular weight excluding hydrogens is 299 g/mol. The lowest BCUT2D eigenvalue weighted by atomic mass is 10.2. The molecule has 0 spiro atoms. The van der Waals surface area contributed by atoms with Crippen LogP contribution < -0.4 is 4.74 Å². The summed E-state index contributed by atoms with van der Waals surface area (Å²) >= 11 is 0. The Hall–Kier alpha value is -3.15. The van der Waals surface area contributed by atoms with Crippen LogP contribution in [0.2, 0.25) is 0 Å². The lowest BCUT2D eigenvalue weighted by molar-refractivity contribution is 0.0681. The van der Waals surface area contributed by atoms with Crippen LogP contribution >= 0.6 is 0 Å². The Labute approximate surface area is 131 Å². The standard InChI is InChI=1S/C17H13FN2O3/c18-13-6-4-5-12(9-13)11-20-16(17(21)22)15(10-19-20)23-14-7-2-1-3-8-14/h1-10H,11H2,(H,21,22). The zero-order valence-corrected chi connectivity index (χ0v) is 12.0. The Morgan fingerprint density at radius 2 is 1.96 bits per heavy atom. The van der Waals surface area contributed by atoms with E-state index in [0.717, 1.165) is 0 Å². The largest absolute Gasteiger partial charge is 0.476 e. The Balaban J connectivity index is 1.91. The minimum absolute atomic E-state index is 0.0851. The van der Waals surface area contributed by atoms with Gasteiger partial charge in [-0.05, 0) is 29.8 Å². The van der Waals surface area contributed by atoms with Gasteiger partial charge in [0.1, 0.15) is 11.6 Å². The summed E-state index contributed by atoms with van der Waals surface area (Å²) in [6.07, 6.45) is 1.34. The topological polar surface area (TPSA) is 64.3 Å². The first-order valence-corrected chi connectivity index (χ1v) is 6.90. The molecule has 0 unspecified atom stereocenters. The number of carbonyl (C=O) groups is 1. The highest BCUT2D eigenvalue weighted by molar-refractivity contribution is 5.89. The van der Waals surface area contributed by atoms with Crippen molar-refractivity contribution in [3.05, 3.63) is 77.9 Å². The van der Waals surface area contributed by atoms with Crippen molar-refractivity contribution in [2.75, 3.05) is 0 Å². The van der Waals surface area contributed by atoms with Gasteiger partial charge in [0.05, 0.1) is 12.7 Å². The maximum Gasteiger partial charge on any atom is 0.358 e. The van der Waals surface area contributed by atoms with E-state index in [4.69, 9.17) is 4.74 Å². The summed E-state index contributed by atoms with van der Waals surface area (Å²) in [5.41, 5.74) is 0.528. The van der Waals surface area contributed by atoms with Crippen LogP contribution in [0, 0.1) is 5.82 Å². The summed E-state index contributed by atoms with van der Waals surface area (Å²) in [5.74, 6) is -0.891. The maximum atomic E-state index is 13.3. The molecule has 0 amide bonds. The summed E-state index contributed by atoms with van der Waals surface area (Å²) in [6.45, 7) is 0.136. The average molecular weight is 312 g/mol. The summed E-state index contributed by atoms with van der Waals surface area (Å²) in [4.78, 5) is 11.5. The molecule has 0 radical (unpaired) electrons. The molecule has 2 aromatic carbocycles. The second-order valence-corrected chi connectivity index (χ2v) is 4.87. The van der Waals surface area contributed by atoms with E-state index in [1.165, 1.54) is 23.0 Å². The van der Waals surface area contributed by atoms with Crippen molar-refractivity contribution in [1.29, 1.82) is 0 Å². The molecule has 0 saturated carbocycles. The first kappa shape index (κ1) is 14.8. The SMILES string of the molecule is O=C(O)c1c(Oc2ccccc2)cnn1Cc1cccc(F)c1. The van der Waals surface area contributed by atoms with Crippen LogP contribution in [0.4, 0.5) is 4.39 Å². The van der Waals surface area contributed by atoms with E-state index in [9.17, 15) is 14.3 Å². The van der Waals surface area contributed by atoms with Gasteiger partial charge in [-0.3, -0.25) is 4.68 Å². The van der Waals surface area contributed by atoms with E-state index < -0.39 is 5.97 Å². The fourth-order valence-corrected chi connectivity index (χ4v) is 2.20. The third kappa shape index (κ3) is 3.37. The highest BCUT2D eigenvalue weighted by atomic mass is 19.1. The fourth-order valence-electron chi connectivity index (χ4n) is 2.20. The number of benzene rings is 2. The molecule has 6 heteroatoms. The first-order valence-electron chi connectivity index (χ1n) is 6.90. The lowest BCUT2D eigenvalue weighted by Gasteiger charge is -2.07. The number of hydrogen-bond donors (Lipinski definition) is 1. The van der Waals surface area contributed by atoms with Gasteiger partial charge in [0.25, 0.3) is 0 Å². The van der Waals surface area contributed by atoms with Crippen LogP contribution in [0.5, 0.6) is 11.5 Å². The third-order valence-electron chi connectivity index (χ3n) is 3.20. The first-order chi connectivity index (χ1) is 11.1. The zero-order valence-electron chi connectivity index (χ0n) is 12.0. The number of aromatic nitrogens is 2. The van der Waals surface area contributed by atoms with Crippen LogP contribution in [0.3, 0.4) is 0 Å². The lowest BCUT2D eigenvalue weighted by Crippen LogP contribution is -2.11. The van der Waals surface area contributed by atoms with Gasteiger partial charge in [-0.15, -0.1) is 0 Å². The van der Waals surface area contributed by atoms with Crippen molar-refractivity contribution < 1.29 is 19.0 Å². The summed E-state index contributed by atoms with van der Waals surface area (Å²) in [7, 11) is 0. The smallest absolute Gasteiger partial charge is 0.358 e. The van der Waals surface area contributed by atoms with Crippen LogP contribution in [-0.2, 0) is 6.54 Å². The Bertz CT molecular complexity index is 831. The molecule has 3 aromatic rings. The van der Waals surface area contributed by atoms with Crippen molar-refractivity contribution in [3.8, 4) is 11.5 Å². The summed E-state index contributed by atoms with van der Waals surface area (Å²) in [6, 6.07) is 14.8. The van der Waals surface area contributed by atoms with Crippen molar-refractivity contribution in [1.82, 2.24) is 9.78 Å². The molecule has 23 heavy (non-hydrogen) atoms. The highest BCUT2D eigenvalue weighted by Crippen LogP contribution is 2.25. The fraction of sp³-hybridized carbons (Fsp3) is 0.0588. The monoisotopic (exact) mass is 312 g/mol. The number of halogens is 1. The average Bonchev–Trinajstić information content (AvgIpc) is 2.91. The number of para-hydroxylation sites is 1. The van der Waals surface area contributed by atoms with E-state index in [-0.39, 0.29) is 23.8 Å². The molecule has 1 N–H and O–H groups in total. The minimum atomic E-state index is -1.16. The molecule has 116 valence electrons. The second-order valence-electron chi connectivity index (χ2n) is 4.87. The van der Waals surface area contributed by atoms with E-state index in [0.29, 0.717) is 11.3 Å². The van der Waals surface area contributed by atoms with Gasteiger partial charge in [0.2, 0.25) is 0 Å². The normalized spacial score (nSPS) is 10.5. The van der Waals surface area contributed by atoms with Crippen LogP contribution in [0.25, 0.3) is 0 Å². The molecule has 0 atom stereocenters. The van der Waals surface area contributed by atoms with Crippen LogP contribution in [-0.4, -0.2) is 20.9 Å². The molecule has 3 rings (SSSR count). The van der Waals surface area contributed by atoms with Crippen molar-refractivity contribution in [2.24, 2.45) is 0 Å². The molecule has 5 nitrogen and oxygen atoms in total. The van der Waals surface area contributed by atoms with Gasteiger partial charge in [-0.2, -0.15) is 5.10 Å². The predicted octanol–water partition coefficient (Wildman–Crippen LogP) is 3.56. The highest BCUT2D eigenvalue weighted by Gasteiger charge is 2.20. The van der Waals surface area contributed by atoms with Crippen molar-refractivity contribution in [3.63, 3.8) is 0 Å². The van der Waals surface area contributed by atoms with Gasteiger partial charge in [-0.1, -0.05) is 30.3 Å². The third-order valence-corrected chi connectivity index (χ3v) is 3.20. The second kappa shape index (κ2) is 6.31. The number of hydrogen-bond acceptors (Lipinski definition) is 3. The van der Waals surface area contributed by atoms with E-state index in [1.54, 1.807) is 36.4 Å². The van der Waals surface area contributed by atoms with Crippen LogP contribution in [0.1, 0.15) is 16.1 Å². The number of carboxylic acid groups (broad SMARTS) is 1. The molecule has 1 aromatic heterocycles. The predicted molar refractivity (Wildman–Crippen MR) is 81.2 cm³/mol. The summed E-state index contributed by atoms with van der Waals surface area (Å²) < 4.78 is 20.1. The Morgan fingerprint density at radius 1 is 1.17 bits per heavy atom. The minimum Gasteiger partial charge on any atom is -0.476 e. The molecule has 0 fully saturated rings. The van der Waals surface area contributed by atoms with Gasteiger partial charge < -0.3 is 9.84 Å². The number of ether oxygens (including phenoxy) is 1. The van der Waals surface area contributed by atoms with E-state index >= 15 is 0 Å². The molecule has 1 heterocycles. The van der Waals surface area contributed by atoms with Crippen molar-refractivity contribution in [2.45, 2.75) is 6.54 Å². The molecule has 0 bridgehead atoms. The zero-order chi connectivity index (χ0) is 16.2. The number of rotatable bonds is 5. The number of nitrogens with zero attached hydrogens (tertiary/aromatic N) is 2. The van der Waals surface area contributed by atoms with Crippen LogP contribution in [0.15, 0.2) is 60.8 Å². The molecule has 0 aliphatic rings. The molecular formula is C17H13FN2O3. The van der Waals surface area contributed by atoms with Gasteiger partial charge in [0.15, 0.2) is 11.4 Å². The number of carboxylic acids is 1. The summed E-state index contributed by atoms with van der Waals surface area (Å²) in [5, 5.41) is 13.5. The van der Waals surface area contributed by atoms with E-state index in [2.05, 4.69) is 5.10 Å². The maximum absolute atomic E-state index is 13.3. The quantitative estimate of drug-likeness (QED) is 0.782. The molecule has 0 aliphatic carbocycles. The van der Waals surface area contributed by atoms with E-state index in [1.807, 2.05) is 6.07 Å². The van der Waals surface area contributed by atoms with Gasteiger partial charge in [-0.25, -0.2) is 9.18 Å². The number of aromatic carboxylic acids is 1. The molecule has 0 aliphatic heterocycles.